The van der Waals surface area contributed by atoms with Crippen molar-refractivity contribution in [3.8, 4) is 0 Å². The van der Waals surface area contributed by atoms with E-state index in [1.165, 1.54) is 36.1 Å². The Hall–Kier alpha value is -4.62. The molecule has 3 aromatic carbocycles. The average Bonchev–Trinajstić information content (AvgIpc) is 3.47. The van der Waals surface area contributed by atoms with Gasteiger partial charge >= 0.3 is 5.97 Å². The van der Waals surface area contributed by atoms with Crippen LogP contribution in [0.1, 0.15) is 57.5 Å². The van der Waals surface area contributed by atoms with Crippen molar-refractivity contribution < 1.29 is 28.7 Å². The van der Waals surface area contributed by atoms with Gasteiger partial charge in [-0.15, -0.1) is 23.1 Å². The van der Waals surface area contributed by atoms with Crippen LogP contribution in [0.15, 0.2) is 83.4 Å². The van der Waals surface area contributed by atoms with E-state index in [4.69, 9.17) is 27.9 Å². The fraction of sp³-hybridized carbons (Fsp3) is 0.216. The lowest BCUT2D eigenvalue weighted by atomic mass is 10.0. The Morgan fingerprint density at radius 1 is 0.980 bits per heavy atom. The zero-order valence-corrected chi connectivity index (χ0v) is 31.0. The van der Waals surface area contributed by atoms with Gasteiger partial charge < -0.3 is 25.6 Å². The smallest absolute Gasteiger partial charge is 0.341 e. The maximum absolute atomic E-state index is 13.6. The van der Waals surface area contributed by atoms with Gasteiger partial charge in [-0.05, 0) is 74.4 Å². The summed E-state index contributed by atoms with van der Waals surface area (Å²) in [5, 5.41) is 8.76. The maximum Gasteiger partial charge on any atom is 0.341 e. The van der Waals surface area contributed by atoms with Crippen molar-refractivity contribution in [2.45, 2.75) is 43.9 Å². The first-order valence-corrected chi connectivity index (χ1v) is 18.4. The third-order valence-electron chi connectivity index (χ3n) is 7.81. The van der Waals surface area contributed by atoms with Gasteiger partial charge in [0.05, 0.1) is 24.0 Å². The third kappa shape index (κ3) is 9.39. The zero-order chi connectivity index (χ0) is 36.7. The monoisotopic (exact) mass is 764 g/mol. The van der Waals surface area contributed by atoms with Crippen molar-refractivity contribution in [3.63, 3.8) is 0 Å². The Labute approximate surface area is 313 Å². The number of anilines is 2. The summed E-state index contributed by atoms with van der Waals surface area (Å²) in [7, 11) is 0. The lowest BCUT2D eigenvalue weighted by Crippen LogP contribution is -2.34. The van der Waals surface area contributed by atoms with E-state index in [-0.39, 0.29) is 24.1 Å². The Bertz CT molecular complexity index is 2000. The van der Waals surface area contributed by atoms with Crippen LogP contribution in [0.4, 0.5) is 10.7 Å². The molecule has 51 heavy (non-hydrogen) atoms. The SMILES string of the molecule is CCOC(=O)c1c(NC(=O)C(C)Sc2cccc(NC(=O)/C(=C\c3c(Cl)cccc3Cl)NC(=O)c3ccccc3)c2)sc2c1CCN(C(C)=O)C2. The minimum absolute atomic E-state index is 0.0602. The predicted octanol–water partition coefficient (Wildman–Crippen LogP) is 7.67. The van der Waals surface area contributed by atoms with Gasteiger partial charge in [-0.1, -0.05) is 53.5 Å². The van der Waals surface area contributed by atoms with Gasteiger partial charge in [0.2, 0.25) is 11.8 Å². The van der Waals surface area contributed by atoms with Crippen molar-refractivity contribution in [2.24, 2.45) is 0 Å². The Kier molecular flexibility index (Phi) is 12.6. The second-order valence-electron chi connectivity index (χ2n) is 11.4. The summed E-state index contributed by atoms with van der Waals surface area (Å²) in [6.45, 7) is 5.96. The summed E-state index contributed by atoms with van der Waals surface area (Å²) in [4.78, 5) is 68.3. The number of nitrogens with zero attached hydrogens (tertiary/aromatic N) is 1. The van der Waals surface area contributed by atoms with Crippen molar-refractivity contribution in [1.82, 2.24) is 10.2 Å². The summed E-state index contributed by atoms with van der Waals surface area (Å²) >= 11 is 15.3. The lowest BCUT2D eigenvalue weighted by Gasteiger charge is -2.25. The number of carbonyl (C=O) groups is 5. The molecular formula is C37H34Cl2N4O6S2. The number of benzene rings is 3. The van der Waals surface area contributed by atoms with Crippen LogP contribution in [0.2, 0.25) is 10.0 Å². The minimum atomic E-state index is -0.625. The van der Waals surface area contributed by atoms with E-state index in [1.807, 2.05) is 0 Å². The number of hydrogen-bond acceptors (Lipinski definition) is 8. The van der Waals surface area contributed by atoms with Crippen molar-refractivity contribution in [3.05, 3.63) is 116 Å². The molecule has 0 bridgehead atoms. The molecule has 0 radical (unpaired) electrons. The van der Waals surface area contributed by atoms with E-state index in [1.54, 1.807) is 91.5 Å². The van der Waals surface area contributed by atoms with E-state index in [9.17, 15) is 24.0 Å². The Balaban J connectivity index is 1.32. The van der Waals surface area contributed by atoms with Crippen LogP contribution in [0.3, 0.4) is 0 Å². The molecule has 0 fully saturated rings. The number of halogens is 2. The molecule has 4 amide bonds. The highest BCUT2D eigenvalue weighted by Gasteiger charge is 2.31. The molecule has 1 aliphatic rings. The van der Waals surface area contributed by atoms with Crippen LogP contribution in [0.25, 0.3) is 6.08 Å². The zero-order valence-electron chi connectivity index (χ0n) is 27.9. The van der Waals surface area contributed by atoms with Crippen LogP contribution >= 0.6 is 46.3 Å². The van der Waals surface area contributed by atoms with Gasteiger partial charge in [0.1, 0.15) is 10.7 Å². The molecule has 1 aromatic heterocycles. The standard InChI is InChI=1S/C37H34Cl2N4O6S2/c1-4-49-37(48)32-26-16-17-43(22(3)44)20-31(26)51-36(32)42-33(45)21(2)50-25-13-8-12-24(18-25)40-35(47)30(19-27-28(38)14-9-15-29(27)39)41-34(46)23-10-6-5-7-11-23/h5-15,18-19,21H,4,16-17,20H2,1-3H3,(H,40,47)(H,41,46)(H,42,45)/b30-19+. The van der Waals surface area contributed by atoms with Crippen molar-refractivity contribution in [1.29, 1.82) is 0 Å². The average molecular weight is 766 g/mol. The molecule has 1 aliphatic heterocycles. The number of amides is 4. The lowest BCUT2D eigenvalue weighted by molar-refractivity contribution is -0.129. The molecule has 10 nitrogen and oxygen atoms in total. The highest BCUT2D eigenvalue weighted by Crippen LogP contribution is 2.38. The van der Waals surface area contributed by atoms with E-state index in [0.717, 1.165) is 10.4 Å². The fourth-order valence-electron chi connectivity index (χ4n) is 5.23. The molecule has 0 spiro atoms. The molecule has 4 aromatic rings. The molecular weight excluding hydrogens is 731 g/mol. The van der Waals surface area contributed by atoms with Gasteiger partial charge in [0.15, 0.2) is 0 Å². The number of fused-ring (bicyclic) bond motifs is 1. The van der Waals surface area contributed by atoms with Gasteiger partial charge in [0, 0.05) is 50.1 Å². The quantitative estimate of drug-likeness (QED) is 0.0811. The predicted molar refractivity (Wildman–Crippen MR) is 202 cm³/mol. The summed E-state index contributed by atoms with van der Waals surface area (Å²) in [6, 6.07) is 20.3. The van der Waals surface area contributed by atoms with E-state index < -0.39 is 23.0 Å². The number of thioether (sulfide) groups is 1. The molecule has 1 unspecified atom stereocenters. The van der Waals surface area contributed by atoms with E-state index in [0.29, 0.717) is 61.8 Å². The molecule has 2 heterocycles. The van der Waals surface area contributed by atoms with Crippen molar-refractivity contribution >= 4 is 92.7 Å². The van der Waals surface area contributed by atoms with Gasteiger partial charge in [-0.3, -0.25) is 19.2 Å². The first-order chi connectivity index (χ1) is 24.4. The number of carbonyl (C=O) groups excluding carboxylic acids is 5. The largest absolute Gasteiger partial charge is 0.462 e. The number of ether oxygens (including phenoxy) is 1. The van der Waals surface area contributed by atoms with Gasteiger partial charge in [-0.2, -0.15) is 0 Å². The summed E-state index contributed by atoms with van der Waals surface area (Å²) < 4.78 is 5.31. The number of nitrogens with one attached hydrogen (secondary N) is 3. The fourth-order valence-corrected chi connectivity index (χ4v) is 7.92. The van der Waals surface area contributed by atoms with E-state index >= 15 is 0 Å². The molecule has 0 saturated carbocycles. The maximum atomic E-state index is 13.6. The summed E-state index contributed by atoms with van der Waals surface area (Å²) in [5.74, 6) is -2.05. The summed E-state index contributed by atoms with van der Waals surface area (Å²) in [5.41, 5.74) is 2.15. The Morgan fingerprint density at radius 3 is 2.37 bits per heavy atom. The molecule has 3 N–H and O–H groups in total. The van der Waals surface area contributed by atoms with Crippen LogP contribution in [0.5, 0.6) is 0 Å². The van der Waals surface area contributed by atoms with Crippen LogP contribution in [-0.2, 0) is 32.1 Å². The normalized spacial score (nSPS) is 13.1. The van der Waals surface area contributed by atoms with Crippen LogP contribution in [-0.4, -0.2) is 52.9 Å². The summed E-state index contributed by atoms with van der Waals surface area (Å²) in [6.07, 6.45) is 1.90. The number of thiophene rings is 1. The van der Waals surface area contributed by atoms with E-state index in [2.05, 4.69) is 16.0 Å². The number of rotatable bonds is 11. The van der Waals surface area contributed by atoms with Gasteiger partial charge in [0.25, 0.3) is 11.8 Å². The topological polar surface area (TPSA) is 134 Å². The highest BCUT2D eigenvalue weighted by atomic mass is 35.5. The second kappa shape index (κ2) is 17.1. The van der Waals surface area contributed by atoms with Crippen molar-refractivity contribution in [2.75, 3.05) is 23.8 Å². The minimum Gasteiger partial charge on any atom is -0.462 e. The molecule has 5 rings (SSSR count). The Morgan fingerprint density at radius 2 is 1.69 bits per heavy atom. The molecule has 264 valence electrons. The number of esters is 1. The van der Waals surface area contributed by atoms with Crippen LogP contribution < -0.4 is 16.0 Å². The molecule has 1 atom stereocenters. The molecule has 0 saturated heterocycles. The molecule has 0 aliphatic carbocycles. The van der Waals surface area contributed by atoms with Crippen LogP contribution in [0, 0.1) is 0 Å². The highest BCUT2D eigenvalue weighted by molar-refractivity contribution is 8.00. The molecule has 14 heteroatoms. The van der Waals surface area contributed by atoms with Gasteiger partial charge in [-0.25, -0.2) is 4.79 Å². The first-order valence-electron chi connectivity index (χ1n) is 15.9. The number of hydrogen-bond donors (Lipinski definition) is 3. The second-order valence-corrected chi connectivity index (χ2v) is 14.7. The first kappa shape index (κ1) is 37.6. The third-order valence-corrected chi connectivity index (χ3v) is 10.7.